The summed E-state index contributed by atoms with van der Waals surface area (Å²) in [7, 11) is 0. The zero-order valence-electron chi connectivity index (χ0n) is 12.4. The molecular weight excluding hydrogens is 286 g/mol. The minimum Gasteiger partial charge on any atom is -0.348 e. The Bertz CT molecular complexity index is 659. The smallest absolute Gasteiger partial charge is 0.256 e. The third-order valence-electron chi connectivity index (χ3n) is 3.41. The van der Waals surface area contributed by atoms with Crippen LogP contribution in [0.25, 0.3) is 0 Å². The van der Waals surface area contributed by atoms with Crippen LogP contribution in [-0.4, -0.2) is 10.9 Å². The van der Waals surface area contributed by atoms with Gasteiger partial charge in [0.2, 0.25) is 5.95 Å². The largest absolute Gasteiger partial charge is 0.348 e. The van der Waals surface area contributed by atoms with E-state index in [-0.39, 0.29) is 12.1 Å². The third-order valence-corrected chi connectivity index (χ3v) is 3.41. The van der Waals surface area contributed by atoms with Gasteiger partial charge in [0.1, 0.15) is 5.82 Å². The lowest BCUT2D eigenvalue weighted by Gasteiger charge is -2.11. The molecule has 1 aromatic heterocycles. The number of hydrogen-bond donors (Lipinski definition) is 1. The first-order valence-corrected chi connectivity index (χ1v) is 7.28. The number of aromatic nitrogens is 1. The molecule has 2 rings (SSSR count). The lowest BCUT2D eigenvalue weighted by atomic mass is 10.0. The molecule has 2 aromatic rings. The second-order valence-electron chi connectivity index (χ2n) is 5.01. The van der Waals surface area contributed by atoms with Gasteiger partial charge in [-0.1, -0.05) is 31.5 Å². The highest BCUT2D eigenvalue weighted by Gasteiger charge is 2.17. The first-order chi connectivity index (χ1) is 10.6. The van der Waals surface area contributed by atoms with Crippen LogP contribution in [0.3, 0.4) is 0 Å². The van der Waals surface area contributed by atoms with Crippen molar-refractivity contribution >= 4 is 5.91 Å². The number of carbonyl (C=O) groups excluding carboxylic acids is 1. The second kappa shape index (κ2) is 7.64. The van der Waals surface area contributed by atoms with Crippen molar-refractivity contribution in [3.05, 3.63) is 65.0 Å². The highest BCUT2D eigenvalue weighted by atomic mass is 19.1. The number of carbonyl (C=O) groups is 1. The van der Waals surface area contributed by atoms with Crippen LogP contribution < -0.4 is 5.32 Å². The highest BCUT2D eigenvalue weighted by molar-refractivity contribution is 5.95. The standard InChI is InChI=1S/C17H18F2N2O/c1-2-3-6-12-9-10-20-16(19)15(12)17(22)21-11-13-7-4-5-8-14(13)18/h4-5,7-10H,2-3,6,11H2,1H3,(H,21,22). The number of amides is 1. The molecule has 0 spiro atoms. The number of nitrogens with one attached hydrogen (secondary N) is 1. The number of halogens is 2. The van der Waals surface area contributed by atoms with Gasteiger partial charge in [-0.3, -0.25) is 4.79 Å². The molecule has 1 N–H and O–H groups in total. The first-order valence-electron chi connectivity index (χ1n) is 7.28. The first kappa shape index (κ1) is 16.1. The lowest BCUT2D eigenvalue weighted by Crippen LogP contribution is -2.26. The summed E-state index contributed by atoms with van der Waals surface area (Å²) in [6.45, 7) is 2.03. The van der Waals surface area contributed by atoms with Gasteiger partial charge < -0.3 is 5.32 Å². The van der Waals surface area contributed by atoms with Gasteiger partial charge in [-0.25, -0.2) is 9.37 Å². The van der Waals surface area contributed by atoms with Crippen molar-refractivity contribution in [2.45, 2.75) is 32.7 Å². The Morgan fingerprint density at radius 1 is 1.18 bits per heavy atom. The summed E-state index contributed by atoms with van der Waals surface area (Å²) in [5.41, 5.74) is 0.933. The molecule has 0 aliphatic heterocycles. The van der Waals surface area contributed by atoms with Crippen LogP contribution in [0.4, 0.5) is 8.78 Å². The summed E-state index contributed by atoms with van der Waals surface area (Å²) < 4.78 is 27.4. The fourth-order valence-corrected chi connectivity index (χ4v) is 2.19. The van der Waals surface area contributed by atoms with E-state index in [2.05, 4.69) is 10.3 Å². The van der Waals surface area contributed by atoms with Crippen molar-refractivity contribution in [2.24, 2.45) is 0 Å². The van der Waals surface area contributed by atoms with Gasteiger partial charge >= 0.3 is 0 Å². The van der Waals surface area contributed by atoms with Crippen LogP contribution >= 0.6 is 0 Å². The van der Waals surface area contributed by atoms with E-state index in [4.69, 9.17) is 0 Å². The fraction of sp³-hybridized carbons (Fsp3) is 0.294. The lowest BCUT2D eigenvalue weighted by molar-refractivity contribution is 0.0944. The van der Waals surface area contributed by atoms with E-state index >= 15 is 0 Å². The Labute approximate surface area is 128 Å². The quantitative estimate of drug-likeness (QED) is 0.828. The summed E-state index contributed by atoms with van der Waals surface area (Å²) in [5.74, 6) is -1.76. The number of nitrogens with zero attached hydrogens (tertiary/aromatic N) is 1. The fourth-order valence-electron chi connectivity index (χ4n) is 2.19. The number of pyridine rings is 1. The number of benzene rings is 1. The molecule has 0 saturated carbocycles. The Balaban J connectivity index is 2.14. The number of aryl methyl sites for hydroxylation is 1. The SMILES string of the molecule is CCCCc1ccnc(F)c1C(=O)NCc1ccccc1F. The third kappa shape index (κ3) is 3.87. The summed E-state index contributed by atoms with van der Waals surface area (Å²) in [6, 6.07) is 7.80. The van der Waals surface area contributed by atoms with E-state index in [0.717, 1.165) is 12.8 Å². The summed E-state index contributed by atoms with van der Waals surface area (Å²) in [4.78, 5) is 15.8. The normalized spacial score (nSPS) is 10.5. The average Bonchev–Trinajstić information content (AvgIpc) is 2.52. The molecular formula is C17H18F2N2O. The number of hydrogen-bond acceptors (Lipinski definition) is 2. The summed E-state index contributed by atoms with van der Waals surface area (Å²) in [6.07, 6.45) is 3.77. The zero-order chi connectivity index (χ0) is 15.9. The van der Waals surface area contributed by atoms with Crippen molar-refractivity contribution in [3.63, 3.8) is 0 Å². The monoisotopic (exact) mass is 304 g/mol. The molecule has 5 heteroatoms. The van der Waals surface area contributed by atoms with E-state index < -0.39 is 17.7 Å². The minimum atomic E-state index is -0.792. The van der Waals surface area contributed by atoms with Gasteiger partial charge in [-0.05, 0) is 30.5 Å². The van der Waals surface area contributed by atoms with Crippen LogP contribution in [0.15, 0.2) is 36.5 Å². The highest BCUT2D eigenvalue weighted by Crippen LogP contribution is 2.15. The van der Waals surface area contributed by atoms with Crippen molar-refractivity contribution in [2.75, 3.05) is 0 Å². The topological polar surface area (TPSA) is 42.0 Å². The second-order valence-corrected chi connectivity index (χ2v) is 5.01. The number of unbranched alkanes of at least 4 members (excludes halogenated alkanes) is 1. The van der Waals surface area contributed by atoms with Gasteiger partial charge in [0.15, 0.2) is 0 Å². The molecule has 0 aliphatic rings. The summed E-state index contributed by atoms with van der Waals surface area (Å²) in [5, 5.41) is 2.55. The zero-order valence-corrected chi connectivity index (χ0v) is 12.4. The van der Waals surface area contributed by atoms with E-state index in [1.165, 1.54) is 12.3 Å². The Hall–Kier alpha value is -2.30. The van der Waals surface area contributed by atoms with E-state index in [0.29, 0.717) is 17.5 Å². The average molecular weight is 304 g/mol. The Morgan fingerprint density at radius 3 is 2.68 bits per heavy atom. The molecule has 3 nitrogen and oxygen atoms in total. The molecule has 1 heterocycles. The predicted octanol–water partition coefficient (Wildman–Crippen LogP) is 3.63. The Morgan fingerprint density at radius 2 is 1.95 bits per heavy atom. The molecule has 1 aromatic carbocycles. The predicted molar refractivity (Wildman–Crippen MR) is 80.4 cm³/mol. The molecule has 1 amide bonds. The van der Waals surface area contributed by atoms with Crippen molar-refractivity contribution in [3.8, 4) is 0 Å². The molecule has 0 radical (unpaired) electrons. The molecule has 116 valence electrons. The van der Waals surface area contributed by atoms with Crippen molar-refractivity contribution < 1.29 is 13.6 Å². The van der Waals surface area contributed by atoms with E-state index in [1.54, 1.807) is 24.3 Å². The van der Waals surface area contributed by atoms with Gasteiger partial charge in [0, 0.05) is 18.3 Å². The molecule has 0 unspecified atom stereocenters. The van der Waals surface area contributed by atoms with Crippen molar-refractivity contribution in [1.29, 1.82) is 0 Å². The van der Waals surface area contributed by atoms with Crippen molar-refractivity contribution in [1.82, 2.24) is 10.3 Å². The van der Waals surface area contributed by atoms with Gasteiger partial charge in [0.25, 0.3) is 5.91 Å². The van der Waals surface area contributed by atoms with Crippen LogP contribution in [0.5, 0.6) is 0 Å². The van der Waals surface area contributed by atoms with Gasteiger partial charge in [0.05, 0.1) is 5.56 Å². The molecule has 0 saturated heterocycles. The molecule has 22 heavy (non-hydrogen) atoms. The maximum Gasteiger partial charge on any atom is 0.256 e. The van der Waals surface area contributed by atoms with Crippen LogP contribution in [0.2, 0.25) is 0 Å². The molecule has 0 bridgehead atoms. The van der Waals surface area contributed by atoms with Gasteiger partial charge in [-0.15, -0.1) is 0 Å². The maximum absolute atomic E-state index is 13.9. The Kier molecular flexibility index (Phi) is 5.58. The van der Waals surface area contributed by atoms with Crippen LogP contribution in [-0.2, 0) is 13.0 Å². The van der Waals surface area contributed by atoms with E-state index in [1.807, 2.05) is 6.92 Å². The summed E-state index contributed by atoms with van der Waals surface area (Å²) >= 11 is 0. The molecule has 0 aliphatic carbocycles. The van der Waals surface area contributed by atoms with Gasteiger partial charge in [-0.2, -0.15) is 4.39 Å². The minimum absolute atomic E-state index is 0.00700. The maximum atomic E-state index is 13.9. The van der Waals surface area contributed by atoms with Crippen LogP contribution in [0, 0.1) is 11.8 Å². The van der Waals surface area contributed by atoms with Crippen LogP contribution in [0.1, 0.15) is 41.3 Å². The van der Waals surface area contributed by atoms with E-state index in [9.17, 15) is 13.6 Å². The molecule has 0 fully saturated rings. The number of rotatable bonds is 6. The molecule has 0 atom stereocenters.